The molecule has 0 unspecified atom stereocenters. The predicted molar refractivity (Wildman–Crippen MR) is 52.5 cm³/mol. The van der Waals surface area contributed by atoms with Crippen LogP contribution < -0.4 is 5.48 Å². The number of hydrogen-bond acceptors (Lipinski definition) is 3. The molecule has 0 saturated carbocycles. The zero-order valence-corrected chi connectivity index (χ0v) is 8.82. The third kappa shape index (κ3) is 3.74. The molecule has 5 nitrogen and oxygen atoms in total. The zero-order valence-electron chi connectivity index (χ0n) is 8.82. The molecule has 1 aromatic carbocycles. The summed E-state index contributed by atoms with van der Waals surface area (Å²) in [6.45, 7) is -0.847. The summed E-state index contributed by atoms with van der Waals surface area (Å²) in [6.07, 6.45) is -4.68. The van der Waals surface area contributed by atoms with E-state index in [1.165, 1.54) is 6.07 Å². The van der Waals surface area contributed by atoms with Gasteiger partial charge in [-0.2, -0.15) is 13.2 Å². The number of hydrogen-bond donors (Lipinski definition) is 2. The lowest BCUT2D eigenvalue weighted by molar-refractivity contribution is -0.144. The summed E-state index contributed by atoms with van der Waals surface area (Å²) in [4.78, 5) is 25.7. The van der Waals surface area contributed by atoms with Crippen molar-refractivity contribution in [1.29, 1.82) is 0 Å². The van der Waals surface area contributed by atoms with Crippen molar-refractivity contribution in [2.75, 3.05) is 6.61 Å². The van der Waals surface area contributed by atoms with E-state index in [4.69, 9.17) is 5.11 Å². The van der Waals surface area contributed by atoms with Crippen molar-refractivity contribution in [1.82, 2.24) is 5.48 Å². The Balaban J connectivity index is 2.83. The summed E-state index contributed by atoms with van der Waals surface area (Å²) in [5.41, 5.74) is -0.144. The van der Waals surface area contributed by atoms with Gasteiger partial charge in [0.2, 0.25) is 0 Å². The molecule has 0 aromatic heterocycles. The minimum Gasteiger partial charge on any atom is -0.479 e. The van der Waals surface area contributed by atoms with Gasteiger partial charge in [0.15, 0.2) is 6.61 Å². The van der Waals surface area contributed by atoms with Gasteiger partial charge >= 0.3 is 12.1 Å². The van der Waals surface area contributed by atoms with Gasteiger partial charge in [0.25, 0.3) is 5.91 Å². The fourth-order valence-corrected chi connectivity index (χ4v) is 1.15. The van der Waals surface area contributed by atoms with Gasteiger partial charge in [-0.15, -0.1) is 0 Å². The number of rotatable bonds is 4. The molecule has 0 radical (unpaired) electrons. The van der Waals surface area contributed by atoms with Crippen LogP contribution in [0.4, 0.5) is 13.2 Å². The Morgan fingerprint density at radius 1 is 1.28 bits per heavy atom. The number of hydroxylamine groups is 1. The lowest BCUT2D eigenvalue weighted by Gasteiger charge is -2.11. The standard InChI is InChI=1S/C10H8F3NO4/c11-10(12,13)7-4-2-1-3-6(7)9(17)14-18-5-8(15)16/h1-4H,5H2,(H,14,17)(H,15,16). The zero-order chi connectivity index (χ0) is 13.8. The Morgan fingerprint density at radius 3 is 2.44 bits per heavy atom. The van der Waals surface area contributed by atoms with Gasteiger partial charge < -0.3 is 5.11 Å². The fourth-order valence-electron chi connectivity index (χ4n) is 1.15. The van der Waals surface area contributed by atoms with E-state index in [0.717, 1.165) is 18.2 Å². The van der Waals surface area contributed by atoms with Crippen molar-refractivity contribution in [2.24, 2.45) is 0 Å². The first-order valence-corrected chi connectivity index (χ1v) is 4.62. The molecule has 2 N–H and O–H groups in total. The van der Waals surface area contributed by atoms with E-state index in [1.807, 2.05) is 0 Å². The smallest absolute Gasteiger partial charge is 0.417 e. The molecule has 0 aliphatic heterocycles. The van der Waals surface area contributed by atoms with E-state index in [9.17, 15) is 22.8 Å². The third-order valence-electron chi connectivity index (χ3n) is 1.84. The molecular weight excluding hydrogens is 255 g/mol. The molecule has 98 valence electrons. The van der Waals surface area contributed by atoms with Crippen LogP contribution in [-0.2, 0) is 15.8 Å². The van der Waals surface area contributed by atoms with Crippen molar-refractivity contribution in [3.8, 4) is 0 Å². The molecular formula is C10H8F3NO4. The molecule has 0 aliphatic rings. The van der Waals surface area contributed by atoms with E-state index in [0.29, 0.717) is 0 Å². The predicted octanol–water partition coefficient (Wildman–Crippen LogP) is 1.45. The third-order valence-corrected chi connectivity index (χ3v) is 1.84. The Hall–Kier alpha value is -2.09. The topological polar surface area (TPSA) is 75.6 Å². The first-order chi connectivity index (χ1) is 8.32. The number of amides is 1. The highest BCUT2D eigenvalue weighted by molar-refractivity contribution is 5.95. The monoisotopic (exact) mass is 263 g/mol. The summed E-state index contributed by atoms with van der Waals surface area (Å²) >= 11 is 0. The second-order valence-electron chi connectivity index (χ2n) is 3.16. The molecule has 0 spiro atoms. The number of carbonyl (C=O) groups is 2. The van der Waals surface area contributed by atoms with Crippen LogP contribution in [0.3, 0.4) is 0 Å². The maximum atomic E-state index is 12.5. The van der Waals surface area contributed by atoms with Crippen LogP contribution in [0, 0.1) is 0 Å². The second kappa shape index (κ2) is 5.50. The maximum absolute atomic E-state index is 12.5. The highest BCUT2D eigenvalue weighted by Gasteiger charge is 2.34. The lowest BCUT2D eigenvalue weighted by Crippen LogP contribution is -2.28. The number of halogens is 3. The van der Waals surface area contributed by atoms with Gasteiger partial charge in [-0.05, 0) is 12.1 Å². The highest BCUT2D eigenvalue weighted by Crippen LogP contribution is 2.31. The van der Waals surface area contributed by atoms with Gasteiger partial charge in [0.1, 0.15) is 0 Å². The average molecular weight is 263 g/mol. The molecule has 0 heterocycles. The van der Waals surface area contributed by atoms with Crippen LogP contribution in [0.15, 0.2) is 24.3 Å². The summed E-state index contributed by atoms with van der Waals surface area (Å²) in [7, 11) is 0. The van der Waals surface area contributed by atoms with Crippen LogP contribution in [0.25, 0.3) is 0 Å². The van der Waals surface area contributed by atoms with Gasteiger partial charge in [0, 0.05) is 0 Å². The normalized spacial score (nSPS) is 11.1. The molecule has 0 fully saturated rings. The van der Waals surface area contributed by atoms with Gasteiger partial charge in [0.05, 0.1) is 11.1 Å². The van der Waals surface area contributed by atoms with Crippen LogP contribution in [0.5, 0.6) is 0 Å². The van der Waals surface area contributed by atoms with Crippen molar-refractivity contribution < 1.29 is 32.7 Å². The molecule has 1 rings (SSSR count). The van der Waals surface area contributed by atoms with Crippen LogP contribution in [-0.4, -0.2) is 23.6 Å². The Labute approximate surface area is 99.1 Å². The quantitative estimate of drug-likeness (QED) is 0.806. The van der Waals surface area contributed by atoms with E-state index in [1.54, 1.807) is 5.48 Å². The molecule has 1 amide bonds. The van der Waals surface area contributed by atoms with E-state index in [2.05, 4.69) is 4.84 Å². The summed E-state index contributed by atoms with van der Waals surface area (Å²) < 4.78 is 37.6. The van der Waals surface area contributed by atoms with Crippen LogP contribution in [0.2, 0.25) is 0 Å². The minimum atomic E-state index is -4.68. The second-order valence-corrected chi connectivity index (χ2v) is 3.16. The molecule has 1 aromatic rings. The van der Waals surface area contributed by atoms with Crippen molar-refractivity contribution in [2.45, 2.75) is 6.18 Å². The van der Waals surface area contributed by atoms with Crippen molar-refractivity contribution >= 4 is 11.9 Å². The number of carbonyl (C=O) groups excluding carboxylic acids is 1. The minimum absolute atomic E-state index is 0.643. The number of nitrogens with one attached hydrogen (secondary N) is 1. The Morgan fingerprint density at radius 2 is 1.89 bits per heavy atom. The average Bonchev–Trinajstić information content (AvgIpc) is 2.27. The SMILES string of the molecule is O=C(O)CONC(=O)c1ccccc1C(F)(F)F. The van der Waals surface area contributed by atoms with Gasteiger partial charge in [-0.3, -0.25) is 9.63 Å². The number of alkyl halides is 3. The maximum Gasteiger partial charge on any atom is 0.417 e. The first kappa shape index (κ1) is 14.0. The van der Waals surface area contributed by atoms with Gasteiger partial charge in [-0.1, -0.05) is 12.1 Å². The summed E-state index contributed by atoms with van der Waals surface area (Å²) in [6, 6.07) is 4.09. The Kier molecular flexibility index (Phi) is 4.27. The molecule has 0 atom stereocenters. The van der Waals surface area contributed by atoms with Gasteiger partial charge in [-0.25, -0.2) is 10.3 Å². The molecule has 8 heteroatoms. The van der Waals surface area contributed by atoms with Crippen molar-refractivity contribution in [3.05, 3.63) is 35.4 Å². The molecule has 0 aliphatic carbocycles. The Bertz CT molecular complexity index is 459. The van der Waals surface area contributed by atoms with E-state index < -0.39 is 35.8 Å². The lowest BCUT2D eigenvalue weighted by atomic mass is 10.1. The van der Waals surface area contributed by atoms with Crippen LogP contribution >= 0.6 is 0 Å². The highest BCUT2D eigenvalue weighted by atomic mass is 19.4. The number of benzene rings is 1. The molecule has 0 saturated heterocycles. The van der Waals surface area contributed by atoms with Crippen molar-refractivity contribution in [3.63, 3.8) is 0 Å². The summed E-state index contributed by atoms with van der Waals surface area (Å²) in [5.74, 6) is -2.52. The number of carboxylic acids is 1. The largest absolute Gasteiger partial charge is 0.479 e. The molecule has 0 bridgehead atoms. The first-order valence-electron chi connectivity index (χ1n) is 4.62. The van der Waals surface area contributed by atoms with Crippen LogP contribution in [0.1, 0.15) is 15.9 Å². The summed E-state index contributed by atoms with van der Waals surface area (Å²) in [5, 5.41) is 8.22. The van der Waals surface area contributed by atoms with E-state index in [-0.39, 0.29) is 0 Å². The fraction of sp³-hybridized carbons (Fsp3) is 0.200. The number of aliphatic carboxylic acids is 1. The number of carboxylic acid groups (broad SMARTS) is 1. The van der Waals surface area contributed by atoms with E-state index >= 15 is 0 Å². The molecule has 18 heavy (non-hydrogen) atoms.